The smallest absolute Gasteiger partial charge is 0.258 e. The Kier molecular flexibility index (Phi) is 4.92. The summed E-state index contributed by atoms with van der Waals surface area (Å²) >= 11 is 0. The Morgan fingerprint density at radius 3 is 1.67 bits per heavy atom. The molecule has 3 nitrogen and oxygen atoms in total. The standard InChI is InChI=1S/C21H19NO2/c23-20-14-8-7-13-19(20)21(24)22(15-17-9-3-1-4-10-17)16-18-11-5-2-6-12-18/h1-14,23H,15-16H2. The minimum absolute atomic E-state index is 0.00798. The lowest BCUT2D eigenvalue weighted by molar-refractivity contribution is 0.0727. The summed E-state index contributed by atoms with van der Waals surface area (Å²) < 4.78 is 0. The van der Waals surface area contributed by atoms with Crippen molar-refractivity contribution in [2.45, 2.75) is 13.1 Å². The van der Waals surface area contributed by atoms with E-state index in [1.54, 1.807) is 23.1 Å². The fourth-order valence-electron chi connectivity index (χ4n) is 2.63. The Morgan fingerprint density at radius 2 is 1.17 bits per heavy atom. The molecule has 0 unspecified atom stereocenters. The molecule has 120 valence electrons. The summed E-state index contributed by atoms with van der Waals surface area (Å²) in [7, 11) is 0. The predicted octanol–water partition coefficient (Wildman–Crippen LogP) is 4.23. The number of carbonyl (C=O) groups excluding carboxylic acids is 1. The summed E-state index contributed by atoms with van der Waals surface area (Å²) in [5.41, 5.74) is 2.43. The van der Waals surface area contributed by atoms with E-state index >= 15 is 0 Å². The second-order valence-corrected chi connectivity index (χ2v) is 5.65. The van der Waals surface area contributed by atoms with E-state index in [0.29, 0.717) is 18.7 Å². The van der Waals surface area contributed by atoms with E-state index in [4.69, 9.17) is 0 Å². The van der Waals surface area contributed by atoms with Crippen LogP contribution in [0.4, 0.5) is 0 Å². The molecule has 0 saturated heterocycles. The summed E-state index contributed by atoms with van der Waals surface area (Å²) in [4.78, 5) is 14.7. The van der Waals surface area contributed by atoms with Crippen LogP contribution in [-0.2, 0) is 13.1 Å². The van der Waals surface area contributed by atoms with Gasteiger partial charge in [-0.1, -0.05) is 72.8 Å². The van der Waals surface area contributed by atoms with Gasteiger partial charge < -0.3 is 10.0 Å². The molecule has 0 heterocycles. The van der Waals surface area contributed by atoms with E-state index in [1.807, 2.05) is 60.7 Å². The molecule has 0 bridgehead atoms. The molecule has 1 amide bonds. The van der Waals surface area contributed by atoms with Crippen molar-refractivity contribution in [2.75, 3.05) is 0 Å². The number of hydrogen-bond donors (Lipinski definition) is 1. The van der Waals surface area contributed by atoms with Crippen molar-refractivity contribution in [3.8, 4) is 5.75 Å². The highest BCUT2D eigenvalue weighted by molar-refractivity contribution is 5.96. The molecule has 3 rings (SSSR count). The molecular formula is C21H19NO2. The van der Waals surface area contributed by atoms with Crippen molar-refractivity contribution in [2.24, 2.45) is 0 Å². The Balaban J connectivity index is 1.89. The first kappa shape index (κ1) is 15.8. The number of nitrogens with zero attached hydrogens (tertiary/aromatic N) is 1. The topological polar surface area (TPSA) is 40.5 Å². The van der Waals surface area contributed by atoms with Gasteiger partial charge in [0.15, 0.2) is 0 Å². The van der Waals surface area contributed by atoms with Gasteiger partial charge in [-0.3, -0.25) is 4.79 Å². The zero-order valence-corrected chi connectivity index (χ0v) is 13.3. The lowest BCUT2D eigenvalue weighted by atomic mass is 10.1. The summed E-state index contributed by atoms with van der Waals surface area (Å²) in [6.45, 7) is 0.978. The van der Waals surface area contributed by atoms with Crippen LogP contribution in [0.1, 0.15) is 21.5 Å². The predicted molar refractivity (Wildman–Crippen MR) is 94.6 cm³/mol. The molecule has 3 aromatic rings. The van der Waals surface area contributed by atoms with Crippen LogP contribution in [0.15, 0.2) is 84.9 Å². The number of benzene rings is 3. The Morgan fingerprint density at radius 1 is 0.708 bits per heavy atom. The van der Waals surface area contributed by atoms with E-state index in [0.717, 1.165) is 11.1 Å². The Labute approximate surface area is 141 Å². The number of rotatable bonds is 5. The summed E-state index contributed by atoms with van der Waals surface area (Å²) in [6, 6.07) is 26.4. The maximum Gasteiger partial charge on any atom is 0.258 e. The third-order valence-corrected chi connectivity index (χ3v) is 3.85. The van der Waals surface area contributed by atoms with Crippen LogP contribution < -0.4 is 0 Å². The van der Waals surface area contributed by atoms with Gasteiger partial charge in [0, 0.05) is 13.1 Å². The Bertz CT molecular complexity index is 759. The number of phenolic OH excluding ortho intramolecular Hbond substituents is 1. The molecule has 0 saturated carbocycles. The van der Waals surface area contributed by atoms with Crippen LogP contribution >= 0.6 is 0 Å². The first-order valence-corrected chi connectivity index (χ1v) is 7.89. The lowest BCUT2D eigenvalue weighted by Crippen LogP contribution is -2.30. The van der Waals surface area contributed by atoms with Gasteiger partial charge >= 0.3 is 0 Å². The van der Waals surface area contributed by atoms with Crippen LogP contribution in [0.25, 0.3) is 0 Å². The van der Waals surface area contributed by atoms with E-state index < -0.39 is 0 Å². The highest BCUT2D eigenvalue weighted by Crippen LogP contribution is 2.20. The minimum Gasteiger partial charge on any atom is -0.507 e. The van der Waals surface area contributed by atoms with Crippen molar-refractivity contribution >= 4 is 5.91 Å². The van der Waals surface area contributed by atoms with Crippen LogP contribution in [0.5, 0.6) is 5.75 Å². The number of carbonyl (C=O) groups is 1. The summed E-state index contributed by atoms with van der Waals surface area (Å²) in [5, 5.41) is 10.0. The second-order valence-electron chi connectivity index (χ2n) is 5.65. The number of amides is 1. The number of phenols is 1. The van der Waals surface area contributed by atoms with Gasteiger partial charge in [0.05, 0.1) is 5.56 Å². The van der Waals surface area contributed by atoms with Crippen molar-refractivity contribution in [3.05, 3.63) is 102 Å². The Hall–Kier alpha value is -3.07. The number of aromatic hydroxyl groups is 1. The van der Waals surface area contributed by atoms with Gasteiger partial charge in [-0.25, -0.2) is 0 Å². The summed E-state index contributed by atoms with van der Waals surface area (Å²) in [5.74, 6) is -0.172. The fourth-order valence-corrected chi connectivity index (χ4v) is 2.63. The van der Waals surface area contributed by atoms with E-state index in [2.05, 4.69) is 0 Å². The second kappa shape index (κ2) is 7.47. The van der Waals surface area contributed by atoms with Crippen LogP contribution in [0.3, 0.4) is 0 Å². The molecule has 3 aromatic carbocycles. The highest BCUT2D eigenvalue weighted by Gasteiger charge is 2.19. The maximum absolute atomic E-state index is 12.9. The lowest BCUT2D eigenvalue weighted by Gasteiger charge is -2.23. The molecule has 0 fully saturated rings. The SMILES string of the molecule is O=C(c1ccccc1O)N(Cc1ccccc1)Cc1ccccc1. The number of hydrogen-bond acceptors (Lipinski definition) is 2. The zero-order valence-electron chi connectivity index (χ0n) is 13.3. The molecule has 0 atom stereocenters. The average Bonchev–Trinajstić information content (AvgIpc) is 2.63. The molecule has 0 aliphatic rings. The van der Waals surface area contributed by atoms with Crippen molar-refractivity contribution in [1.82, 2.24) is 4.90 Å². The van der Waals surface area contributed by atoms with Crippen molar-refractivity contribution in [1.29, 1.82) is 0 Å². The van der Waals surface area contributed by atoms with E-state index in [-0.39, 0.29) is 11.7 Å². The minimum atomic E-state index is -0.180. The quantitative estimate of drug-likeness (QED) is 0.765. The first-order valence-electron chi connectivity index (χ1n) is 7.89. The normalized spacial score (nSPS) is 10.3. The molecular weight excluding hydrogens is 298 g/mol. The van der Waals surface area contributed by atoms with Gasteiger partial charge in [-0.15, -0.1) is 0 Å². The highest BCUT2D eigenvalue weighted by atomic mass is 16.3. The molecule has 0 radical (unpaired) electrons. The van der Waals surface area contributed by atoms with Gasteiger partial charge in [0.2, 0.25) is 0 Å². The van der Waals surface area contributed by atoms with Gasteiger partial charge in [-0.05, 0) is 23.3 Å². The molecule has 0 aliphatic heterocycles. The summed E-state index contributed by atoms with van der Waals surface area (Å²) in [6.07, 6.45) is 0. The van der Waals surface area contributed by atoms with Crippen LogP contribution in [-0.4, -0.2) is 15.9 Å². The third kappa shape index (κ3) is 3.82. The third-order valence-electron chi connectivity index (χ3n) is 3.85. The van der Waals surface area contributed by atoms with Gasteiger partial charge in [0.1, 0.15) is 5.75 Å². The molecule has 0 aromatic heterocycles. The molecule has 1 N–H and O–H groups in total. The molecule has 3 heteroatoms. The van der Waals surface area contributed by atoms with Crippen molar-refractivity contribution in [3.63, 3.8) is 0 Å². The fraction of sp³-hybridized carbons (Fsp3) is 0.0952. The van der Waals surface area contributed by atoms with Crippen LogP contribution in [0.2, 0.25) is 0 Å². The molecule has 0 spiro atoms. The van der Waals surface area contributed by atoms with E-state index in [9.17, 15) is 9.90 Å². The average molecular weight is 317 g/mol. The van der Waals surface area contributed by atoms with Gasteiger partial charge in [-0.2, -0.15) is 0 Å². The maximum atomic E-state index is 12.9. The zero-order chi connectivity index (χ0) is 16.8. The molecule has 24 heavy (non-hydrogen) atoms. The monoisotopic (exact) mass is 317 g/mol. The van der Waals surface area contributed by atoms with Crippen LogP contribution in [0, 0.1) is 0 Å². The van der Waals surface area contributed by atoms with Crippen molar-refractivity contribution < 1.29 is 9.90 Å². The molecule has 0 aliphatic carbocycles. The number of para-hydroxylation sites is 1. The largest absolute Gasteiger partial charge is 0.507 e. The van der Waals surface area contributed by atoms with Gasteiger partial charge in [0.25, 0.3) is 5.91 Å². The van der Waals surface area contributed by atoms with E-state index in [1.165, 1.54) is 6.07 Å². The first-order chi connectivity index (χ1) is 11.7.